The van der Waals surface area contributed by atoms with E-state index in [2.05, 4.69) is 21.0 Å². The highest BCUT2D eigenvalue weighted by Crippen LogP contribution is 2.27. The first-order chi connectivity index (χ1) is 11.5. The molecule has 0 bridgehead atoms. The van der Waals surface area contributed by atoms with Gasteiger partial charge >= 0.3 is 0 Å². The Bertz CT molecular complexity index is 731. The Morgan fingerprint density at radius 1 is 1.40 bits per heavy atom. The predicted octanol–water partition coefficient (Wildman–Crippen LogP) is 1.35. The highest BCUT2D eigenvalue weighted by atomic mass is 35.5. The minimum absolute atomic E-state index is 0. The number of aryl methyl sites for hydroxylation is 2. The molecule has 1 unspecified atom stereocenters. The van der Waals surface area contributed by atoms with E-state index >= 15 is 0 Å². The van der Waals surface area contributed by atoms with Crippen molar-refractivity contribution >= 4 is 45.8 Å². The maximum atomic E-state index is 12.4. The molecule has 1 aliphatic heterocycles. The van der Waals surface area contributed by atoms with Gasteiger partial charge in [-0.1, -0.05) is 0 Å². The van der Waals surface area contributed by atoms with Crippen LogP contribution in [0.4, 0.5) is 0 Å². The number of halogens is 1. The fraction of sp³-hybridized carbons (Fsp3) is 0.562. The highest BCUT2D eigenvalue weighted by Gasteiger charge is 2.22. The summed E-state index contributed by atoms with van der Waals surface area (Å²) < 4.78 is 1.78. The van der Waals surface area contributed by atoms with E-state index in [1.807, 2.05) is 20.0 Å². The lowest BCUT2D eigenvalue weighted by molar-refractivity contribution is -0.123. The number of hydrogen-bond donors (Lipinski definition) is 3. The molecule has 0 radical (unpaired) electrons. The Labute approximate surface area is 156 Å². The summed E-state index contributed by atoms with van der Waals surface area (Å²) in [5.41, 5.74) is 0.902. The zero-order valence-corrected chi connectivity index (χ0v) is 16.2. The SMILES string of the molecule is Cc1nn(C)c2sc(C(=O)NC(C)C(=O)NC3CCNCC3)cc12.Cl. The standard InChI is InChI=1S/C16H23N5O2S.ClH/c1-9-12-8-13(24-16(12)21(3)20-9)15(23)18-10(2)14(22)19-11-4-6-17-7-5-11;/h8,10-11,17H,4-7H2,1-3H3,(H,18,23)(H,19,22);1H. The van der Waals surface area contributed by atoms with E-state index in [4.69, 9.17) is 0 Å². The molecule has 2 aromatic rings. The number of amides is 2. The minimum atomic E-state index is -0.559. The normalized spacial score (nSPS) is 16.3. The number of rotatable bonds is 4. The summed E-state index contributed by atoms with van der Waals surface area (Å²) in [5, 5.41) is 14.4. The molecule has 1 aliphatic rings. The van der Waals surface area contributed by atoms with Gasteiger partial charge in [-0.15, -0.1) is 23.7 Å². The van der Waals surface area contributed by atoms with Gasteiger partial charge in [0.15, 0.2) is 0 Å². The molecule has 25 heavy (non-hydrogen) atoms. The van der Waals surface area contributed by atoms with Crippen LogP contribution in [0.25, 0.3) is 10.2 Å². The number of fused-ring (bicyclic) bond motifs is 1. The molecule has 3 heterocycles. The molecule has 3 N–H and O–H groups in total. The summed E-state index contributed by atoms with van der Waals surface area (Å²) in [7, 11) is 1.86. The van der Waals surface area contributed by atoms with Gasteiger partial charge in [0.05, 0.1) is 10.6 Å². The summed E-state index contributed by atoms with van der Waals surface area (Å²) >= 11 is 1.39. The molecule has 0 spiro atoms. The number of piperidine rings is 1. The van der Waals surface area contributed by atoms with Gasteiger partial charge < -0.3 is 16.0 Å². The van der Waals surface area contributed by atoms with Gasteiger partial charge in [0.2, 0.25) is 5.91 Å². The van der Waals surface area contributed by atoms with Crippen LogP contribution in [0.2, 0.25) is 0 Å². The lowest BCUT2D eigenvalue weighted by Crippen LogP contribution is -2.50. The molecule has 2 amide bonds. The lowest BCUT2D eigenvalue weighted by atomic mass is 10.1. The number of nitrogens with zero attached hydrogens (tertiary/aromatic N) is 2. The van der Waals surface area contributed by atoms with Gasteiger partial charge in [-0.2, -0.15) is 5.10 Å². The number of carbonyl (C=O) groups is 2. The van der Waals surface area contributed by atoms with E-state index in [0.717, 1.165) is 41.8 Å². The van der Waals surface area contributed by atoms with Crippen LogP contribution in [0, 0.1) is 6.92 Å². The Morgan fingerprint density at radius 2 is 2.08 bits per heavy atom. The third-order valence-corrected chi connectivity index (χ3v) is 5.55. The van der Waals surface area contributed by atoms with Crippen molar-refractivity contribution in [3.05, 3.63) is 16.6 Å². The fourth-order valence-electron chi connectivity index (χ4n) is 2.94. The maximum Gasteiger partial charge on any atom is 0.262 e. The van der Waals surface area contributed by atoms with Crippen molar-refractivity contribution in [2.24, 2.45) is 7.05 Å². The van der Waals surface area contributed by atoms with E-state index in [1.54, 1.807) is 11.6 Å². The van der Waals surface area contributed by atoms with Gasteiger partial charge in [-0.25, -0.2) is 0 Å². The molecule has 1 atom stereocenters. The first-order valence-corrected chi connectivity index (χ1v) is 9.02. The van der Waals surface area contributed by atoms with Crippen LogP contribution in [-0.2, 0) is 11.8 Å². The average molecular weight is 386 g/mol. The van der Waals surface area contributed by atoms with E-state index in [0.29, 0.717) is 4.88 Å². The van der Waals surface area contributed by atoms with Crippen LogP contribution in [0.3, 0.4) is 0 Å². The zero-order valence-electron chi connectivity index (χ0n) is 14.6. The fourth-order valence-corrected chi connectivity index (χ4v) is 3.97. The molecule has 0 aliphatic carbocycles. The van der Waals surface area contributed by atoms with Crippen LogP contribution in [0.5, 0.6) is 0 Å². The highest BCUT2D eigenvalue weighted by molar-refractivity contribution is 7.20. The van der Waals surface area contributed by atoms with Gasteiger partial charge in [0, 0.05) is 18.5 Å². The third kappa shape index (κ3) is 4.31. The first kappa shape index (κ1) is 19.7. The van der Waals surface area contributed by atoms with Crippen molar-refractivity contribution in [2.75, 3.05) is 13.1 Å². The van der Waals surface area contributed by atoms with Crippen LogP contribution in [0.15, 0.2) is 6.07 Å². The van der Waals surface area contributed by atoms with Crippen LogP contribution in [0.1, 0.15) is 35.1 Å². The molecule has 0 aromatic carbocycles. The smallest absolute Gasteiger partial charge is 0.262 e. The van der Waals surface area contributed by atoms with E-state index in [9.17, 15) is 9.59 Å². The molecule has 7 nitrogen and oxygen atoms in total. The number of thiophene rings is 1. The van der Waals surface area contributed by atoms with Gasteiger partial charge in [0.1, 0.15) is 10.9 Å². The van der Waals surface area contributed by atoms with Crippen molar-refractivity contribution in [1.29, 1.82) is 0 Å². The zero-order chi connectivity index (χ0) is 17.3. The van der Waals surface area contributed by atoms with Crippen LogP contribution >= 0.6 is 23.7 Å². The molecule has 138 valence electrons. The number of nitrogens with one attached hydrogen (secondary N) is 3. The van der Waals surface area contributed by atoms with Crippen LogP contribution in [-0.4, -0.2) is 46.8 Å². The molecule has 3 rings (SSSR count). The lowest BCUT2D eigenvalue weighted by Gasteiger charge is -2.25. The Morgan fingerprint density at radius 3 is 2.72 bits per heavy atom. The van der Waals surface area contributed by atoms with Crippen molar-refractivity contribution in [3.63, 3.8) is 0 Å². The second-order valence-corrected chi connectivity index (χ2v) is 7.30. The van der Waals surface area contributed by atoms with E-state index in [1.165, 1.54) is 11.3 Å². The van der Waals surface area contributed by atoms with Crippen molar-refractivity contribution < 1.29 is 9.59 Å². The van der Waals surface area contributed by atoms with Crippen LogP contribution < -0.4 is 16.0 Å². The van der Waals surface area contributed by atoms with Gasteiger partial charge in [-0.3, -0.25) is 14.3 Å². The Hall–Kier alpha value is -1.64. The summed E-state index contributed by atoms with van der Waals surface area (Å²) in [4.78, 5) is 26.2. The summed E-state index contributed by atoms with van der Waals surface area (Å²) in [6.07, 6.45) is 1.85. The average Bonchev–Trinajstić information content (AvgIpc) is 3.10. The monoisotopic (exact) mass is 385 g/mol. The molecule has 1 saturated heterocycles. The molecule has 1 fully saturated rings. The second kappa shape index (κ2) is 8.16. The van der Waals surface area contributed by atoms with E-state index in [-0.39, 0.29) is 30.3 Å². The Kier molecular flexibility index (Phi) is 6.42. The molecule has 0 saturated carbocycles. The topological polar surface area (TPSA) is 88.0 Å². The summed E-state index contributed by atoms with van der Waals surface area (Å²) in [5.74, 6) is -0.349. The van der Waals surface area contributed by atoms with Gasteiger partial charge in [-0.05, 0) is 45.8 Å². The third-order valence-electron chi connectivity index (χ3n) is 4.35. The number of hydrogen-bond acceptors (Lipinski definition) is 5. The molecular formula is C16H24ClN5O2S. The van der Waals surface area contributed by atoms with Crippen molar-refractivity contribution in [2.45, 2.75) is 38.8 Å². The van der Waals surface area contributed by atoms with Crippen molar-refractivity contribution in [1.82, 2.24) is 25.7 Å². The van der Waals surface area contributed by atoms with E-state index < -0.39 is 6.04 Å². The maximum absolute atomic E-state index is 12.4. The summed E-state index contributed by atoms with van der Waals surface area (Å²) in [6.45, 7) is 5.47. The molecular weight excluding hydrogens is 362 g/mol. The first-order valence-electron chi connectivity index (χ1n) is 8.21. The predicted molar refractivity (Wildman–Crippen MR) is 102 cm³/mol. The summed E-state index contributed by atoms with van der Waals surface area (Å²) in [6, 6.07) is 1.47. The largest absolute Gasteiger partial charge is 0.351 e. The molecule has 2 aromatic heterocycles. The van der Waals surface area contributed by atoms with Gasteiger partial charge in [0.25, 0.3) is 5.91 Å². The second-order valence-electron chi connectivity index (χ2n) is 6.27. The Balaban J connectivity index is 0.00000225. The number of aromatic nitrogens is 2. The minimum Gasteiger partial charge on any atom is -0.351 e. The molecule has 9 heteroatoms. The quantitative estimate of drug-likeness (QED) is 0.741. The van der Waals surface area contributed by atoms with Crippen molar-refractivity contribution in [3.8, 4) is 0 Å². The number of carbonyl (C=O) groups excluding carboxylic acids is 2.